The minimum Gasteiger partial charge on any atom is -0.356 e. The number of nitrogens with one attached hydrogen (secondary N) is 1. The van der Waals surface area contributed by atoms with Crippen molar-refractivity contribution in [2.24, 2.45) is 11.8 Å². The molecule has 1 N–H and O–H groups in total. The Morgan fingerprint density at radius 3 is 2.73 bits per heavy atom. The van der Waals surface area contributed by atoms with Crippen LogP contribution in [0, 0.1) is 17.7 Å². The van der Waals surface area contributed by atoms with Crippen molar-refractivity contribution in [1.82, 2.24) is 10.2 Å². The summed E-state index contributed by atoms with van der Waals surface area (Å²) < 4.78 is 14.2. The predicted octanol–water partition coefficient (Wildman–Crippen LogP) is 2.51. The molecule has 22 heavy (non-hydrogen) atoms. The highest BCUT2D eigenvalue weighted by Gasteiger charge is 2.39. The molecule has 0 spiro atoms. The van der Waals surface area contributed by atoms with Crippen LogP contribution in [0.5, 0.6) is 0 Å². The van der Waals surface area contributed by atoms with Gasteiger partial charge < -0.3 is 10.2 Å². The van der Waals surface area contributed by atoms with Crippen molar-refractivity contribution >= 4 is 11.8 Å². The number of piperidine rings is 1. The van der Waals surface area contributed by atoms with Gasteiger partial charge >= 0.3 is 0 Å². The lowest BCUT2D eigenvalue weighted by Gasteiger charge is -2.38. The summed E-state index contributed by atoms with van der Waals surface area (Å²) in [5.74, 6) is -0.615. The minimum atomic E-state index is -0.547. The molecule has 0 aromatic heterocycles. The number of halogens is 1. The molecule has 2 amide bonds. The van der Waals surface area contributed by atoms with E-state index in [1.165, 1.54) is 11.0 Å². The summed E-state index contributed by atoms with van der Waals surface area (Å²) in [6.45, 7) is 4.62. The average molecular weight is 306 g/mol. The van der Waals surface area contributed by atoms with Gasteiger partial charge in [-0.3, -0.25) is 9.59 Å². The van der Waals surface area contributed by atoms with E-state index in [1.54, 1.807) is 25.2 Å². The van der Waals surface area contributed by atoms with E-state index >= 15 is 0 Å². The third-order valence-electron chi connectivity index (χ3n) is 4.11. The zero-order chi connectivity index (χ0) is 16.3. The molecule has 1 saturated heterocycles. The van der Waals surface area contributed by atoms with Crippen molar-refractivity contribution in [1.29, 1.82) is 0 Å². The highest BCUT2D eigenvalue weighted by atomic mass is 19.1. The van der Waals surface area contributed by atoms with Gasteiger partial charge in [0.1, 0.15) is 5.82 Å². The molecule has 1 aliphatic heterocycles. The van der Waals surface area contributed by atoms with Gasteiger partial charge in [0.2, 0.25) is 11.8 Å². The monoisotopic (exact) mass is 306 g/mol. The molecule has 1 aromatic rings. The molecule has 0 bridgehead atoms. The maximum absolute atomic E-state index is 14.2. The number of amides is 2. The summed E-state index contributed by atoms with van der Waals surface area (Å²) in [6, 6.07) is 5.81. The van der Waals surface area contributed by atoms with Crippen LogP contribution in [0.2, 0.25) is 0 Å². The smallest absolute Gasteiger partial charge is 0.225 e. The van der Waals surface area contributed by atoms with Crippen molar-refractivity contribution in [3.05, 3.63) is 35.6 Å². The van der Waals surface area contributed by atoms with Crippen LogP contribution in [0.4, 0.5) is 4.39 Å². The number of hydrogen-bond acceptors (Lipinski definition) is 2. The Bertz CT molecular complexity index is 559. The van der Waals surface area contributed by atoms with Crippen LogP contribution in [0.1, 0.15) is 38.3 Å². The van der Waals surface area contributed by atoms with Gasteiger partial charge in [-0.1, -0.05) is 32.0 Å². The van der Waals surface area contributed by atoms with Gasteiger partial charge in [-0.2, -0.15) is 0 Å². The fourth-order valence-corrected chi connectivity index (χ4v) is 2.89. The van der Waals surface area contributed by atoms with E-state index in [4.69, 9.17) is 0 Å². The van der Waals surface area contributed by atoms with E-state index in [9.17, 15) is 14.0 Å². The van der Waals surface area contributed by atoms with Crippen LogP contribution in [0.15, 0.2) is 24.3 Å². The topological polar surface area (TPSA) is 49.4 Å². The number of carbonyl (C=O) groups excluding carboxylic acids is 2. The Hall–Kier alpha value is -1.91. The van der Waals surface area contributed by atoms with Gasteiger partial charge in [0, 0.05) is 25.6 Å². The molecule has 2 rings (SSSR count). The highest BCUT2D eigenvalue weighted by Crippen LogP contribution is 2.36. The molecular formula is C17H23FN2O2. The first-order chi connectivity index (χ1) is 10.4. The summed E-state index contributed by atoms with van der Waals surface area (Å²) in [5, 5.41) is 2.91. The van der Waals surface area contributed by atoms with E-state index < -0.39 is 12.0 Å². The predicted molar refractivity (Wildman–Crippen MR) is 82.5 cm³/mol. The van der Waals surface area contributed by atoms with Crippen LogP contribution in [-0.4, -0.2) is 30.3 Å². The molecule has 4 nitrogen and oxygen atoms in total. The Labute approximate surface area is 130 Å². The molecule has 1 fully saturated rings. The lowest BCUT2D eigenvalue weighted by atomic mass is 9.83. The van der Waals surface area contributed by atoms with Gasteiger partial charge in [-0.15, -0.1) is 0 Å². The number of hydrogen-bond donors (Lipinski definition) is 1. The lowest BCUT2D eigenvalue weighted by molar-refractivity contribution is -0.141. The third-order valence-corrected chi connectivity index (χ3v) is 4.11. The molecule has 0 saturated carbocycles. The third kappa shape index (κ3) is 3.46. The van der Waals surface area contributed by atoms with Crippen molar-refractivity contribution in [2.45, 2.75) is 32.7 Å². The summed E-state index contributed by atoms with van der Waals surface area (Å²) in [5.41, 5.74) is 0.405. The molecule has 1 aromatic carbocycles. The van der Waals surface area contributed by atoms with E-state index in [0.717, 1.165) is 0 Å². The Balaban J connectivity index is 2.28. The molecule has 0 aliphatic carbocycles. The van der Waals surface area contributed by atoms with E-state index in [1.807, 2.05) is 13.8 Å². The van der Waals surface area contributed by atoms with Crippen molar-refractivity contribution < 1.29 is 14.0 Å². The quantitative estimate of drug-likeness (QED) is 0.929. The summed E-state index contributed by atoms with van der Waals surface area (Å²) >= 11 is 0. The number of likely N-dealkylation sites (tertiary alicyclic amines) is 1. The largest absolute Gasteiger partial charge is 0.356 e. The van der Waals surface area contributed by atoms with Gasteiger partial charge in [-0.05, 0) is 18.4 Å². The fraction of sp³-hybridized carbons (Fsp3) is 0.529. The van der Waals surface area contributed by atoms with Crippen molar-refractivity contribution in [3.8, 4) is 0 Å². The summed E-state index contributed by atoms with van der Waals surface area (Å²) in [7, 11) is 1.64. The maximum Gasteiger partial charge on any atom is 0.225 e. The van der Waals surface area contributed by atoms with Gasteiger partial charge in [0.25, 0.3) is 0 Å². The van der Waals surface area contributed by atoms with E-state index in [2.05, 4.69) is 5.32 Å². The number of nitrogens with zero attached hydrogens (tertiary/aromatic N) is 1. The first-order valence-electron chi connectivity index (χ1n) is 7.69. The molecule has 5 heteroatoms. The zero-order valence-electron chi connectivity index (χ0n) is 13.3. The standard InChI is InChI=1S/C17H23FN2O2/c1-11(2)10-19-17(22)13-8-9-15(21)20(3)16(13)12-6-4-5-7-14(12)18/h4-7,11,13,16H,8-10H2,1-3H3,(H,19,22)/t13-,16+/m0/s1. The SMILES string of the molecule is CC(C)CNC(=O)[C@H]1CCC(=O)N(C)[C@@H]1c1ccccc1F. The van der Waals surface area contributed by atoms with Gasteiger partial charge in [0.05, 0.1) is 12.0 Å². The lowest BCUT2D eigenvalue weighted by Crippen LogP contribution is -2.47. The second-order valence-electron chi connectivity index (χ2n) is 6.26. The molecule has 0 radical (unpaired) electrons. The Morgan fingerprint density at radius 1 is 1.41 bits per heavy atom. The fourth-order valence-electron chi connectivity index (χ4n) is 2.89. The number of benzene rings is 1. The summed E-state index contributed by atoms with van der Waals surface area (Å²) in [6.07, 6.45) is 0.771. The average Bonchev–Trinajstić information content (AvgIpc) is 2.48. The normalized spacial score (nSPS) is 22.0. The molecule has 120 valence electrons. The van der Waals surface area contributed by atoms with Crippen molar-refractivity contribution in [3.63, 3.8) is 0 Å². The minimum absolute atomic E-state index is 0.0545. The van der Waals surface area contributed by atoms with Crippen LogP contribution in [0.25, 0.3) is 0 Å². The maximum atomic E-state index is 14.2. The molecule has 2 atom stereocenters. The van der Waals surface area contributed by atoms with E-state index in [0.29, 0.717) is 30.9 Å². The highest BCUT2D eigenvalue weighted by molar-refractivity contribution is 5.84. The van der Waals surface area contributed by atoms with Gasteiger partial charge in [-0.25, -0.2) is 4.39 Å². The van der Waals surface area contributed by atoms with E-state index in [-0.39, 0.29) is 17.6 Å². The van der Waals surface area contributed by atoms with Crippen LogP contribution in [0.3, 0.4) is 0 Å². The molecular weight excluding hydrogens is 283 g/mol. The first kappa shape index (κ1) is 16.5. The Kier molecular flexibility index (Phi) is 5.16. The Morgan fingerprint density at radius 2 is 2.09 bits per heavy atom. The van der Waals surface area contributed by atoms with Gasteiger partial charge in [0.15, 0.2) is 0 Å². The number of carbonyl (C=O) groups is 2. The van der Waals surface area contributed by atoms with Crippen LogP contribution < -0.4 is 5.32 Å². The van der Waals surface area contributed by atoms with Crippen LogP contribution >= 0.6 is 0 Å². The second kappa shape index (κ2) is 6.90. The molecule has 1 aliphatic rings. The second-order valence-corrected chi connectivity index (χ2v) is 6.26. The summed E-state index contributed by atoms with van der Waals surface area (Å²) in [4.78, 5) is 26.0. The molecule has 1 heterocycles. The first-order valence-corrected chi connectivity index (χ1v) is 7.69. The zero-order valence-corrected chi connectivity index (χ0v) is 13.3. The van der Waals surface area contributed by atoms with Crippen molar-refractivity contribution in [2.75, 3.05) is 13.6 Å². The molecule has 0 unspecified atom stereocenters. The van der Waals surface area contributed by atoms with Crippen LogP contribution in [-0.2, 0) is 9.59 Å². The number of rotatable bonds is 4.